The first-order chi connectivity index (χ1) is 15.3. The quantitative estimate of drug-likeness (QED) is 0.446. The maximum atomic E-state index is 13.0. The molecule has 0 N–H and O–H groups in total. The average Bonchev–Trinajstić information content (AvgIpc) is 3.59. The molecule has 0 radical (unpaired) electrons. The smallest absolute Gasteiger partial charge is 0.338 e. The van der Waals surface area contributed by atoms with Crippen molar-refractivity contribution < 1.29 is 32.6 Å². The number of ketones is 1. The SMILES string of the molecule is CC(C)(C)C(=O)C1OC1c1cccc(F)c1.CC(C)(C)OC(=O)C1OC1c1cccc(F)c1. The van der Waals surface area contributed by atoms with Gasteiger partial charge in [-0.3, -0.25) is 4.79 Å². The predicted molar refractivity (Wildman–Crippen MR) is 118 cm³/mol. The van der Waals surface area contributed by atoms with Gasteiger partial charge < -0.3 is 14.2 Å². The number of rotatable bonds is 4. The lowest BCUT2D eigenvalue weighted by Gasteiger charge is -2.18. The van der Waals surface area contributed by atoms with Crippen LogP contribution in [0.4, 0.5) is 8.78 Å². The van der Waals surface area contributed by atoms with E-state index in [-0.39, 0.29) is 29.6 Å². The maximum Gasteiger partial charge on any atom is 0.338 e. The zero-order chi connectivity index (χ0) is 24.6. The monoisotopic (exact) mass is 460 g/mol. The average molecular weight is 461 g/mol. The van der Waals surface area contributed by atoms with Crippen molar-refractivity contribution in [1.29, 1.82) is 0 Å². The van der Waals surface area contributed by atoms with Crippen molar-refractivity contribution in [3.63, 3.8) is 0 Å². The molecule has 0 amide bonds. The second kappa shape index (κ2) is 9.31. The van der Waals surface area contributed by atoms with Crippen LogP contribution in [0.15, 0.2) is 48.5 Å². The molecule has 4 rings (SSSR count). The molecule has 4 atom stereocenters. The minimum atomic E-state index is -0.601. The highest BCUT2D eigenvalue weighted by Gasteiger charge is 2.49. The number of ether oxygens (including phenoxy) is 3. The van der Waals surface area contributed by atoms with Gasteiger partial charge in [0.2, 0.25) is 0 Å². The standard InChI is InChI=1S/C13H15FO3.C13H15FO2/c1-13(2,3)17-12(15)11-10(16-11)8-5-4-6-9(14)7-8;1-13(2,3)12(15)11-10(16-11)8-5-4-6-9(14)7-8/h4-7,10-11H,1-3H3;4-7,10-11H,1-3H3. The molecule has 2 saturated heterocycles. The van der Waals surface area contributed by atoms with Crippen LogP contribution >= 0.6 is 0 Å². The van der Waals surface area contributed by atoms with Crippen LogP contribution in [0, 0.1) is 17.0 Å². The first kappa shape index (κ1) is 25.0. The van der Waals surface area contributed by atoms with Crippen LogP contribution in [-0.2, 0) is 23.8 Å². The molecule has 4 unspecified atom stereocenters. The highest BCUT2D eigenvalue weighted by atomic mass is 19.1. The zero-order valence-electron chi connectivity index (χ0n) is 19.7. The Morgan fingerprint density at radius 3 is 1.67 bits per heavy atom. The molecule has 0 spiro atoms. The number of esters is 1. The molecule has 2 heterocycles. The summed E-state index contributed by atoms with van der Waals surface area (Å²) >= 11 is 0. The van der Waals surface area contributed by atoms with Crippen molar-refractivity contribution in [2.75, 3.05) is 0 Å². The predicted octanol–water partition coefficient (Wildman–Crippen LogP) is 5.49. The zero-order valence-corrected chi connectivity index (χ0v) is 19.7. The van der Waals surface area contributed by atoms with Gasteiger partial charge in [0.1, 0.15) is 35.5 Å². The van der Waals surface area contributed by atoms with Crippen LogP contribution < -0.4 is 0 Å². The van der Waals surface area contributed by atoms with E-state index in [1.807, 2.05) is 20.8 Å². The van der Waals surface area contributed by atoms with Crippen molar-refractivity contribution in [3.8, 4) is 0 Å². The van der Waals surface area contributed by atoms with E-state index in [2.05, 4.69) is 0 Å². The van der Waals surface area contributed by atoms with Crippen LogP contribution in [-0.4, -0.2) is 29.6 Å². The lowest BCUT2D eigenvalue weighted by molar-refractivity contribution is -0.156. The molecule has 7 heteroatoms. The Morgan fingerprint density at radius 1 is 0.788 bits per heavy atom. The van der Waals surface area contributed by atoms with E-state index in [1.54, 1.807) is 45.0 Å². The number of benzene rings is 2. The lowest BCUT2D eigenvalue weighted by atomic mass is 9.87. The summed E-state index contributed by atoms with van der Waals surface area (Å²) in [7, 11) is 0. The molecule has 2 aromatic rings. The Balaban J connectivity index is 0.000000186. The maximum absolute atomic E-state index is 13.0. The van der Waals surface area contributed by atoms with E-state index >= 15 is 0 Å². The molecule has 2 aliphatic rings. The third kappa shape index (κ3) is 6.92. The van der Waals surface area contributed by atoms with Crippen LogP contribution in [0.3, 0.4) is 0 Å². The fraction of sp³-hybridized carbons (Fsp3) is 0.462. The normalized spacial score (nSPS) is 23.8. The Morgan fingerprint density at radius 2 is 1.24 bits per heavy atom. The van der Waals surface area contributed by atoms with Crippen LogP contribution in [0.25, 0.3) is 0 Å². The van der Waals surface area contributed by atoms with Crippen molar-refractivity contribution >= 4 is 11.8 Å². The van der Waals surface area contributed by atoms with Gasteiger partial charge in [-0.25, -0.2) is 13.6 Å². The highest BCUT2D eigenvalue weighted by molar-refractivity contribution is 5.90. The summed E-state index contributed by atoms with van der Waals surface area (Å²) in [5.74, 6) is -0.954. The summed E-state index contributed by atoms with van der Waals surface area (Å²) in [6, 6.07) is 12.3. The molecule has 2 aromatic carbocycles. The summed E-state index contributed by atoms with van der Waals surface area (Å²) in [5.41, 5.74) is 0.464. The summed E-state index contributed by atoms with van der Waals surface area (Å²) < 4.78 is 41.7. The van der Waals surface area contributed by atoms with Crippen molar-refractivity contribution in [2.24, 2.45) is 5.41 Å². The van der Waals surface area contributed by atoms with Gasteiger partial charge >= 0.3 is 5.97 Å². The van der Waals surface area contributed by atoms with Gasteiger partial charge in [-0.1, -0.05) is 45.0 Å². The van der Waals surface area contributed by atoms with Crippen molar-refractivity contribution in [1.82, 2.24) is 0 Å². The summed E-state index contributed by atoms with van der Waals surface area (Å²) in [4.78, 5) is 23.5. The molecule has 0 bridgehead atoms. The molecule has 33 heavy (non-hydrogen) atoms. The van der Waals surface area contributed by atoms with E-state index < -0.39 is 29.2 Å². The minimum absolute atomic E-state index is 0.0711. The van der Waals surface area contributed by atoms with Crippen LogP contribution in [0.1, 0.15) is 64.9 Å². The van der Waals surface area contributed by atoms with Gasteiger partial charge in [-0.2, -0.15) is 0 Å². The van der Waals surface area contributed by atoms with Crippen molar-refractivity contribution in [3.05, 3.63) is 71.3 Å². The molecule has 2 fully saturated rings. The number of carbonyl (C=O) groups is 2. The van der Waals surface area contributed by atoms with E-state index in [0.717, 1.165) is 5.56 Å². The molecule has 0 saturated carbocycles. The number of hydrogen-bond donors (Lipinski definition) is 0. The molecular weight excluding hydrogens is 430 g/mol. The Labute approximate surface area is 193 Å². The van der Waals surface area contributed by atoms with Gasteiger partial charge in [0.25, 0.3) is 0 Å². The first-order valence-corrected chi connectivity index (χ1v) is 10.9. The third-order valence-electron chi connectivity index (χ3n) is 4.97. The van der Waals surface area contributed by atoms with Crippen LogP contribution in [0.2, 0.25) is 0 Å². The number of halogens is 2. The summed E-state index contributed by atoms with van der Waals surface area (Å²) in [6.45, 7) is 11.0. The largest absolute Gasteiger partial charge is 0.458 e. The van der Waals surface area contributed by atoms with E-state index in [0.29, 0.717) is 5.56 Å². The molecule has 5 nitrogen and oxygen atoms in total. The number of carbonyl (C=O) groups excluding carboxylic acids is 2. The van der Waals surface area contributed by atoms with Gasteiger partial charge in [-0.15, -0.1) is 0 Å². The minimum Gasteiger partial charge on any atom is -0.458 e. The number of epoxide rings is 2. The van der Waals surface area contributed by atoms with Gasteiger partial charge in [0.15, 0.2) is 11.9 Å². The van der Waals surface area contributed by atoms with E-state index in [1.165, 1.54) is 24.3 Å². The molecule has 0 aliphatic carbocycles. The molecule has 178 valence electrons. The topological polar surface area (TPSA) is 68.4 Å². The van der Waals surface area contributed by atoms with Gasteiger partial charge in [0, 0.05) is 5.41 Å². The Bertz CT molecular complexity index is 1020. The van der Waals surface area contributed by atoms with Gasteiger partial charge in [0.05, 0.1) is 0 Å². The van der Waals surface area contributed by atoms with E-state index in [9.17, 15) is 18.4 Å². The van der Waals surface area contributed by atoms with Crippen LogP contribution in [0.5, 0.6) is 0 Å². The molecule has 0 aromatic heterocycles. The Hall–Kier alpha value is -2.64. The van der Waals surface area contributed by atoms with Gasteiger partial charge in [-0.05, 0) is 56.2 Å². The molecular formula is C26H30F2O5. The third-order valence-corrected chi connectivity index (χ3v) is 4.97. The number of hydrogen-bond acceptors (Lipinski definition) is 5. The lowest BCUT2D eigenvalue weighted by Crippen LogP contribution is -2.26. The number of Topliss-reactive ketones (excluding diaryl/α,β-unsaturated/α-hetero) is 1. The molecule has 2 aliphatic heterocycles. The fourth-order valence-corrected chi connectivity index (χ4v) is 3.26. The summed E-state index contributed by atoms with van der Waals surface area (Å²) in [6.07, 6.45) is -1.64. The highest BCUT2D eigenvalue weighted by Crippen LogP contribution is 2.43. The first-order valence-electron chi connectivity index (χ1n) is 10.9. The van der Waals surface area contributed by atoms with E-state index in [4.69, 9.17) is 14.2 Å². The Kier molecular flexibility index (Phi) is 7.05. The summed E-state index contributed by atoms with van der Waals surface area (Å²) in [5, 5.41) is 0. The second-order valence-corrected chi connectivity index (χ2v) is 10.2. The fourth-order valence-electron chi connectivity index (χ4n) is 3.26. The van der Waals surface area contributed by atoms with Crippen molar-refractivity contribution in [2.45, 2.75) is 71.6 Å². The second-order valence-electron chi connectivity index (χ2n) is 10.2.